The molecule has 1 aromatic carbocycles. The minimum atomic E-state index is 0.0348. The van der Waals surface area contributed by atoms with Gasteiger partial charge in [-0.05, 0) is 24.8 Å². The van der Waals surface area contributed by atoms with Gasteiger partial charge >= 0.3 is 0 Å². The maximum Gasteiger partial charge on any atom is 0.147 e. The Hall–Kier alpha value is -1.48. The van der Waals surface area contributed by atoms with Crippen molar-refractivity contribution < 1.29 is 4.79 Å². The summed E-state index contributed by atoms with van der Waals surface area (Å²) >= 11 is 1.58. The Morgan fingerprint density at radius 2 is 2.00 bits per heavy atom. The molecule has 0 aliphatic heterocycles. The molecule has 1 atom stereocenters. The molecule has 3 heteroatoms. The van der Waals surface area contributed by atoms with Gasteiger partial charge in [0.05, 0.1) is 11.4 Å². The number of hydrogen-bond acceptors (Lipinski definition) is 3. The molecule has 2 nitrogen and oxygen atoms in total. The summed E-state index contributed by atoms with van der Waals surface area (Å²) in [6.45, 7) is 2.09. The van der Waals surface area contributed by atoms with E-state index in [2.05, 4.69) is 36.2 Å². The first-order valence-electron chi connectivity index (χ1n) is 8.20. The van der Waals surface area contributed by atoms with Crippen LogP contribution < -0.4 is 0 Å². The highest BCUT2D eigenvalue weighted by atomic mass is 32.1. The van der Waals surface area contributed by atoms with Crippen LogP contribution >= 0.6 is 11.3 Å². The molecule has 0 radical (unpaired) electrons. The molecule has 1 aromatic heterocycles. The van der Waals surface area contributed by atoms with Crippen molar-refractivity contribution in [1.82, 2.24) is 4.98 Å². The summed E-state index contributed by atoms with van der Waals surface area (Å²) in [6, 6.07) is 8.50. The van der Waals surface area contributed by atoms with Crippen molar-refractivity contribution in [3.8, 4) is 0 Å². The highest BCUT2D eigenvalue weighted by molar-refractivity contribution is 7.09. The summed E-state index contributed by atoms with van der Waals surface area (Å²) in [5.74, 6) is 1.07. The molecule has 0 spiro atoms. The smallest absolute Gasteiger partial charge is 0.147 e. The molecule has 0 bridgehead atoms. The Morgan fingerprint density at radius 1 is 1.27 bits per heavy atom. The molecule has 1 heterocycles. The number of rotatable bonds is 6. The molecule has 0 N–H and O–H groups in total. The Morgan fingerprint density at radius 3 is 2.64 bits per heavy atom. The molecule has 1 saturated carbocycles. The summed E-state index contributed by atoms with van der Waals surface area (Å²) in [7, 11) is 0. The number of ketones is 1. The fraction of sp³-hybridized carbons (Fsp3) is 0.474. The van der Waals surface area contributed by atoms with Gasteiger partial charge in [0.1, 0.15) is 5.78 Å². The van der Waals surface area contributed by atoms with Gasteiger partial charge < -0.3 is 0 Å². The van der Waals surface area contributed by atoms with Gasteiger partial charge in [-0.2, -0.15) is 0 Å². The minimum absolute atomic E-state index is 0.0348. The number of carbonyl (C=O) groups excluding carboxylic acids is 1. The Balaban J connectivity index is 1.77. The van der Waals surface area contributed by atoms with Crippen molar-refractivity contribution >= 4 is 17.1 Å². The first kappa shape index (κ1) is 15.4. The summed E-state index contributed by atoms with van der Waals surface area (Å²) < 4.78 is 0. The van der Waals surface area contributed by atoms with Gasteiger partial charge in [-0.1, -0.05) is 55.5 Å². The number of nitrogens with zero attached hydrogens (tertiary/aromatic N) is 1. The maximum absolute atomic E-state index is 12.9. The van der Waals surface area contributed by atoms with E-state index in [1.54, 1.807) is 17.5 Å². The van der Waals surface area contributed by atoms with Crippen LogP contribution in [0.4, 0.5) is 0 Å². The van der Waals surface area contributed by atoms with Crippen molar-refractivity contribution in [1.29, 1.82) is 0 Å². The Bertz CT molecular complexity index is 597. The average Bonchev–Trinajstić information content (AvgIpc) is 3.19. The second-order valence-electron chi connectivity index (χ2n) is 6.42. The second-order valence-corrected chi connectivity index (χ2v) is 7.40. The number of aromatic nitrogens is 1. The van der Waals surface area contributed by atoms with Crippen LogP contribution in [0, 0.1) is 12.8 Å². The molecule has 1 unspecified atom stereocenters. The molecular weight excluding hydrogens is 290 g/mol. The first-order chi connectivity index (χ1) is 10.7. The monoisotopic (exact) mass is 313 g/mol. The molecule has 1 fully saturated rings. The summed E-state index contributed by atoms with van der Waals surface area (Å²) in [6.07, 6.45) is 8.49. The SMILES string of the molecule is Cc1ccc(C(CC2CCCC2)C(=O)Cc2nccs2)cc1. The van der Waals surface area contributed by atoms with Gasteiger partial charge in [-0.3, -0.25) is 4.79 Å². The van der Waals surface area contributed by atoms with E-state index in [0.717, 1.165) is 11.4 Å². The van der Waals surface area contributed by atoms with E-state index in [4.69, 9.17) is 0 Å². The average molecular weight is 313 g/mol. The van der Waals surface area contributed by atoms with Crippen molar-refractivity contribution in [2.45, 2.75) is 51.4 Å². The van der Waals surface area contributed by atoms with Gasteiger partial charge in [0.25, 0.3) is 0 Å². The maximum atomic E-state index is 12.9. The number of hydrogen-bond donors (Lipinski definition) is 0. The normalized spacial score (nSPS) is 16.8. The van der Waals surface area contributed by atoms with Crippen LogP contribution in [0.2, 0.25) is 0 Å². The largest absolute Gasteiger partial charge is 0.299 e. The lowest BCUT2D eigenvalue weighted by Crippen LogP contribution is -2.18. The molecule has 1 aliphatic rings. The van der Waals surface area contributed by atoms with E-state index in [-0.39, 0.29) is 5.92 Å². The standard InChI is InChI=1S/C19H23NOS/c1-14-6-8-16(9-7-14)17(12-15-4-2-3-5-15)18(21)13-19-20-10-11-22-19/h6-11,15,17H,2-5,12-13H2,1H3. The van der Waals surface area contributed by atoms with Gasteiger partial charge in [-0.15, -0.1) is 11.3 Å². The number of carbonyl (C=O) groups is 1. The quantitative estimate of drug-likeness (QED) is 0.757. The predicted molar refractivity (Wildman–Crippen MR) is 91.3 cm³/mol. The van der Waals surface area contributed by atoms with Crippen molar-refractivity contribution in [2.75, 3.05) is 0 Å². The first-order valence-corrected chi connectivity index (χ1v) is 9.08. The third-order valence-electron chi connectivity index (χ3n) is 4.72. The topological polar surface area (TPSA) is 30.0 Å². The molecule has 1 aliphatic carbocycles. The molecular formula is C19H23NOS. The van der Waals surface area contributed by atoms with Gasteiger partial charge in [0.15, 0.2) is 0 Å². The van der Waals surface area contributed by atoms with Crippen LogP contribution in [0.25, 0.3) is 0 Å². The van der Waals surface area contributed by atoms with E-state index in [0.29, 0.717) is 18.1 Å². The third kappa shape index (κ3) is 3.83. The predicted octanol–water partition coefficient (Wildman–Crippen LogP) is 4.93. The highest BCUT2D eigenvalue weighted by Gasteiger charge is 2.26. The fourth-order valence-corrected chi connectivity index (χ4v) is 4.07. The fourth-order valence-electron chi connectivity index (χ4n) is 3.44. The number of Topliss-reactive ketones (excluding diaryl/α,β-unsaturated/α-hetero) is 1. The van der Waals surface area contributed by atoms with Gasteiger partial charge in [-0.25, -0.2) is 4.98 Å². The second kappa shape index (κ2) is 7.19. The van der Waals surface area contributed by atoms with Crippen LogP contribution in [0.15, 0.2) is 35.8 Å². The van der Waals surface area contributed by atoms with E-state index in [9.17, 15) is 4.79 Å². The Labute approximate surface area is 136 Å². The van der Waals surface area contributed by atoms with E-state index < -0.39 is 0 Å². The summed E-state index contributed by atoms with van der Waals surface area (Å²) in [4.78, 5) is 17.1. The summed E-state index contributed by atoms with van der Waals surface area (Å²) in [5.41, 5.74) is 2.43. The Kier molecular flexibility index (Phi) is 5.04. The van der Waals surface area contributed by atoms with Crippen LogP contribution in [-0.2, 0) is 11.2 Å². The zero-order valence-corrected chi connectivity index (χ0v) is 13.9. The zero-order chi connectivity index (χ0) is 15.4. The lowest BCUT2D eigenvalue weighted by molar-refractivity contribution is -0.120. The van der Waals surface area contributed by atoms with E-state index >= 15 is 0 Å². The number of thiazole rings is 1. The van der Waals surface area contributed by atoms with Crippen LogP contribution in [0.5, 0.6) is 0 Å². The number of aryl methyl sites for hydroxylation is 1. The lowest BCUT2D eigenvalue weighted by Gasteiger charge is -2.20. The van der Waals surface area contributed by atoms with Gasteiger partial charge in [0, 0.05) is 17.5 Å². The molecule has 3 rings (SSSR count). The van der Waals surface area contributed by atoms with E-state index in [1.807, 2.05) is 5.38 Å². The third-order valence-corrected chi connectivity index (χ3v) is 5.50. The summed E-state index contributed by atoms with van der Waals surface area (Å²) in [5, 5.41) is 2.88. The molecule has 0 saturated heterocycles. The molecule has 22 heavy (non-hydrogen) atoms. The van der Waals surface area contributed by atoms with Crippen LogP contribution in [0.1, 0.15) is 54.2 Å². The highest BCUT2D eigenvalue weighted by Crippen LogP contribution is 2.35. The van der Waals surface area contributed by atoms with Crippen LogP contribution in [0.3, 0.4) is 0 Å². The molecule has 0 amide bonds. The molecule has 2 aromatic rings. The zero-order valence-electron chi connectivity index (χ0n) is 13.1. The van der Waals surface area contributed by atoms with Gasteiger partial charge in [0.2, 0.25) is 0 Å². The van der Waals surface area contributed by atoms with Crippen molar-refractivity contribution in [3.63, 3.8) is 0 Å². The lowest BCUT2D eigenvalue weighted by atomic mass is 9.84. The minimum Gasteiger partial charge on any atom is -0.299 e. The van der Waals surface area contributed by atoms with E-state index in [1.165, 1.54) is 36.8 Å². The van der Waals surface area contributed by atoms with Crippen molar-refractivity contribution in [2.24, 2.45) is 5.92 Å². The van der Waals surface area contributed by atoms with Crippen molar-refractivity contribution in [3.05, 3.63) is 52.0 Å². The molecule has 116 valence electrons. The van der Waals surface area contributed by atoms with Crippen LogP contribution in [-0.4, -0.2) is 10.8 Å². The number of benzene rings is 1.